The van der Waals surface area contributed by atoms with Crippen LogP contribution in [0.25, 0.3) is 0 Å². The summed E-state index contributed by atoms with van der Waals surface area (Å²) in [4.78, 5) is 40.6. The van der Waals surface area contributed by atoms with Gasteiger partial charge in [-0.2, -0.15) is 0 Å². The molecule has 3 rings (SSSR count). The number of β-lactam (4-membered cyclic amide) rings is 1. The number of methoxy groups -OCH3 is 1. The van der Waals surface area contributed by atoms with Gasteiger partial charge in [0.2, 0.25) is 11.8 Å². The zero-order valence-corrected chi connectivity index (χ0v) is 23.9. The third-order valence-corrected chi connectivity index (χ3v) is 7.11. The number of ether oxygens (including phenoxy) is 1. The second-order valence-corrected chi connectivity index (χ2v) is 9.34. The van der Waals surface area contributed by atoms with Crippen LogP contribution in [0.3, 0.4) is 0 Å². The van der Waals surface area contributed by atoms with Gasteiger partial charge in [0.05, 0.1) is 31.2 Å². The minimum atomic E-state index is -0.772. The fraction of sp³-hybridized carbons (Fsp3) is 0.750. The highest BCUT2D eigenvalue weighted by Gasteiger charge is 2.60. The number of primary amides is 1. The maximum Gasteiger partial charge on any atom is 0.355 e. The SMILES string of the molecule is CCC.COC(=O)C1=C(SC2CC(C(N)=O)N(C)C2)C(C)C2C(C(C)O)C(=O)N12.II. The molecule has 0 saturated carbocycles. The summed E-state index contributed by atoms with van der Waals surface area (Å²) in [5.74, 6) is -1.73. The zero-order chi connectivity index (χ0) is 24.0. The molecular formula is C20H33I2N3O5S. The number of likely N-dealkylation sites (N-methyl/N-ethyl adjacent to an activating group) is 1. The van der Waals surface area contributed by atoms with E-state index in [-0.39, 0.29) is 40.8 Å². The molecule has 0 aromatic rings. The molecule has 2 amide bonds. The Morgan fingerprint density at radius 1 is 1.35 bits per heavy atom. The van der Waals surface area contributed by atoms with Gasteiger partial charge < -0.3 is 20.5 Å². The second kappa shape index (κ2) is 12.9. The van der Waals surface area contributed by atoms with Gasteiger partial charge >= 0.3 is 5.97 Å². The van der Waals surface area contributed by atoms with Crippen molar-refractivity contribution in [3.05, 3.63) is 10.6 Å². The van der Waals surface area contributed by atoms with E-state index in [2.05, 4.69) is 51.1 Å². The largest absolute Gasteiger partial charge is 0.464 e. The van der Waals surface area contributed by atoms with Gasteiger partial charge in [-0.3, -0.25) is 14.5 Å². The monoisotopic (exact) mass is 681 g/mol. The van der Waals surface area contributed by atoms with E-state index in [9.17, 15) is 19.5 Å². The second-order valence-electron chi connectivity index (χ2n) is 8.00. The summed E-state index contributed by atoms with van der Waals surface area (Å²) in [6, 6.07) is -0.555. The van der Waals surface area contributed by atoms with E-state index in [4.69, 9.17) is 10.5 Å². The molecule has 8 nitrogen and oxygen atoms in total. The lowest BCUT2D eigenvalue weighted by atomic mass is 9.79. The average Bonchev–Trinajstić information content (AvgIpc) is 3.19. The van der Waals surface area contributed by atoms with Crippen LogP contribution in [0.4, 0.5) is 0 Å². The highest BCUT2D eigenvalue weighted by molar-refractivity contribution is 15.0. The molecule has 3 N–H and O–H groups in total. The number of nitrogens with zero attached hydrogens (tertiary/aromatic N) is 2. The summed E-state index contributed by atoms with van der Waals surface area (Å²) in [6.45, 7) is 8.47. The summed E-state index contributed by atoms with van der Waals surface area (Å²) >= 11 is 5.76. The topological polar surface area (TPSA) is 113 Å². The van der Waals surface area contributed by atoms with Crippen molar-refractivity contribution in [2.24, 2.45) is 17.6 Å². The number of esters is 1. The Hall–Kier alpha value is -0.120. The average molecular weight is 681 g/mol. The van der Waals surface area contributed by atoms with E-state index < -0.39 is 18.0 Å². The summed E-state index contributed by atoms with van der Waals surface area (Å²) < 4.78 is 4.90. The van der Waals surface area contributed by atoms with Crippen molar-refractivity contribution in [3.63, 3.8) is 0 Å². The Bertz CT molecular complexity index is 706. The lowest BCUT2D eigenvalue weighted by molar-refractivity contribution is -0.163. The fourth-order valence-corrected chi connectivity index (χ4v) is 5.91. The Morgan fingerprint density at radius 3 is 2.32 bits per heavy atom. The van der Waals surface area contributed by atoms with Gasteiger partial charge in [-0.1, -0.05) is 27.2 Å². The number of carbonyl (C=O) groups excluding carboxylic acids is 3. The number of likely N-dealkylation sites (tertiary alicyclic amines) is 1. The number of halogens is 2. The first kappa shape index (κ1) is 28.9. The third kappa shape index (κ3) is 6.07. The summed E-state index contributed by atoms with van der Waals surface area (Å²) in [7, 11) is 3.14. The Kier molecular flexibility index (Phi) is 12.1. The number of aliphatic hydroxyl groups excluding tert-OH is 1. The molecule has 11 heteroatoms. The lowest BCUT2D eigenvalue weighted by Crippen LogP contribution is -2.63. The minimum Gasteiger partial charge on any atom is -0.464 e. The Morgan fingerprint density at radius 2 is 1.90 bits per heavy atom. The van der Waals surface area contributed by atoms with Crippen molar-refractivity contribution in [2.45, 2.75) is 64.0 Å². The molecule has 0 aromatic carbocycles. The van der Waals surface area contributed by atoms with Gasteiger partial charge in [0.1, 0.15) is 5.70 Å². The molecule has 2 fully saturated rings. The third-order valence-electron chi connectivity index (χ3n) is 5.62. The van der Waals surface area contributed by atoms with Gasteiger partial charge in [-0.15, -0.1) is 11.8 Å². The van der Waals surface area contributed by atoms with E-state index >= 15 is 0 Å². The van der Waals surface area contributed by atoms with Crippen LogP contribution in [-0.2, 0) is 19.1 Å². The first-order valence-electron chi connectivity index (χ1n) is 10.2. The molecule has 0 spiro atoms. The van der Waals surface area contributed by atoms with E-state index in [1.54, 1.807) is 6.92 Å². The molecule has 31 heavy (non-hydrogen) atoms. The van der Waals surface area contributed by atoms with Crippen LogP contribution in [0.15, 0.2) is 10.6 Å². The van der Waals surface area contributed by atoms with Crippen LogP contribution in [0.1, 0.15) is 40.5 Å². The van der Waals surface area contributed by atoms with E-state index in [1.807, 2.05) is 18.9 Å². The quantitative estimate of drug-likeness (QED) is 0.261. The molecule has 0 aromatic heterocycles. The van der Waals surface area contributed by atoms with Gasteiger partial charge in [-0.05, 0) is 20.4 Å². The predicted molar refractivity (Wildman–Crippen MR) is 140 cm³/mol. The van der Waals surface area contributed by atoms with Crippen molar-refractivity contribution in [1.29, 1.82) is 0 Å². The van der Waals surface area contributed by atoms with Crippen LogP contribution < -0.4 is 5.73 Å². The van der Waals surface area contributed by atoms with Crippen molar-refractivity contribution in [2.75, 3.05) is 20.7 Å². The number of aliphatic hydroxyl groups is 1. The number of nitrogens with two attached hydrogens (primary N) is 1. The van der Waals surface area contributed by atoms with E-state index in [0.29, 0.717) is 13.0 Å². The van der Waals surface area contributed by atoms with Crippen LogP contribution in [0.2, 0.25) is 0 Å². The van der Waals surface area contributed by atoms with Crippen molar-refractivity contribution >= 4 is 66.8 Å². The molecular weight excluding hydrogens is 648 g/mol. The summed E-state index contributed by atoms with van der Waals surface area (Å²) in [6.07, 6.45) is 1.07. The van der Waals surface area contributed by atoms with Crippen LogP contribution in [-0.4, -0.2) is 76.8 Å². The summed E-state index contributed by atoms with van der Waals surface area (Å²) in [5.41, 5.74) is 5.73. The van der Waals surface area contributed by atoms with Gasteiger partial charge in [0, 0.05) is 59.8 Å². The zero-order valence-electron chi connectivity index (χ0n) is 18.8. The Balaban J connectivity index is 0.000000884. The Labute approximate surface area is 212 Å². The lowest BCUT2D eigenvalue weighted by Gasteiger charge is -2.46. The van der Waals surface area contributed by atoms with Gasteiger partial charge in [0.25, 0.3) is 0 Å². The molecule has 2 saturated heterocycles. The highest BCUT2D eigenvalue weighted by atomic mass is 128. The number of fused-ring (bicyclic) bond motifs is 1. The van der Waals surface area contributed by atoms with Crippen LogP contribution in [0.5, 0.6) is 0 Å². The standard InChI is InChI=1S/C17H25N3O5S.C3H8.I2/c1-7-12-11(8(2)21)16(23)20(12)13(17(24)25-4)14(7)26-9-5-10(15(18)22)19(3)6-9;1-3-2;1-2/h7-12,21H,5-6H2,1-4H3,(H2,18,22);3H2,1-2H3;. The van der Waals surface area contributed by atoms with Crippen molar-refractivity contribution in [1.82, 2.24) is 9.80 Å². The number of hydrogen-bond donors (Lipinski definition) is 2. The molecule has 6 atom stereocenters. The van der Waals surface area contributed by atoms with Crippen LogP contribution >= 0.6 is 49.0 Å². The number of carbonyl (C=O) groups is 3. The van der Waals surface area contributed by atoms with E-state index in [1.165, 1.54) is 30.2 Å². The smallest absolute Gasteiger partial charge is 0.355 e. The molecule has 3 aliphatic heterocycles. The fourth-order valence-electron chi connectivity index (χ4n) is 4.32. The van der Waals surface area contributed by atoms with Crippen LogP contribution in [0, 0.1) is 11.8 Å². The highest BCUT2D eigenvalue weighted by Crippen LogP contribution is 2.52. The molecule has 0 bridgehead atoms. The molecule has 0 radical (unpaired) electrons. The molecule has 178 valence electrons. The normalized spacial score (nSPS) is 30.4. The van der Waals surface area contributed by atoms with Gasteiger partial charge in [-0.25, -0.2) is 4.79 Å². The first-order chi connectivity index (χ1) is 14.6. The van der Waals surface area contributed by atoms with Crippen molar-refractivity contribution < 1.29 is 24.2 Å². The molecule has 6 unspecified atom stereocenters. The van der Waals surface area contributed by atoms with E-state index in [0.717, 1.165) is 4.91 Å². The predicted octanol–water partition coefficient (Wildman–Crippen LogP) is 2.71. The number of thioether (sulfide) groups is 1. The number of amides is 2. The molecule has 3 heterocycles. The number of rotatable bonds is 5. The first-order valence-corrected chi connectivity index (χ1v) is 17.4. The maximum absolute atomic E-state index is 12.5. The maximum atomic E-state index is 12.5. The molecule has 3 aliphatic rings. The summed E-state index contributed by atoms with van der Waals surface area (Å²) in [5, 5.41) is 10.0. The van der Waals surface area contributed by atoms with Gasteiger partial charge in [0.15, 0.2) is 0 Å². The molecule has 0 aliphatic carbocycles. The number of hydrogen-bond acceptors (Lipinski definition) is 7. The minimum absolute atomic E-state index is 0.0793. The van der Waals surface area contributed by atoms with Crippen molar-refractivity contribution in [3.8, 4) is 0 Å².